The average Bonchev–Trinajstić information content (AvgIpc) is 2.66. The Balaban J connectivity index is 1.64. The van der Waals surface area contributed by atoms with E-state index < -0.39 is 18.4 Å². The molecule has 0 saturated carbocycles. The van der Waals surface area contributed by atoms with E-state index in [0.29, 0.717) is 5.56 Å². The quantitative estimate of drug-likeness (QED) is 0.460. The van der Waals surface area contributed by atoms with Gasteiger partial charge < -0.3 is 4.74 Å². The van der Waals surface area contributed by atoms with E-state index in [4.69, 9.17) is 16.3 Å². The number of rotatable bonds is 5. The summed E-state index contributed by atoms with van der Waals surface area (Å²) in [5.74, 6) is -1.67. The van der Waals surface area contributed by atoms with Gasteiger partial charge in [0.15, 0.2) is 12.4 Å². The summed E-state index contributed by atoms with van der Waals surface area (Å²) in [5.41, 5.74) is 2.48. The SMILES string of the molecule is O=C(COC(=O)c1ccc(F)cc1Cl)c1ccc(-c2ccccc2)cc1. The van der Waals surface area contributed by atoms with Gasteiger partial charge in [-0.05, 0) is 29.3 Å². The van der Waals surface area contributed by atoms with Gasteiger partial charge >= 0.3 is 5.97 Å². The Morgan fingerprint density at radius 3 is 2.19 bits per heavy atom. The number of halogens is 2. The Kier molecular flexibility index (Phi) is 5.44. The molecule has 0 radical (unpaired) electrons. The molecule has 0 saturated heterocycles. The summed E-state index contributed by atoms with van der Waals surface area (Å²) < 4.78 is 18.0. The van der Waals surface area contributed by atoms with E-state index in [0.717, 1.165) is 23.3 Å². The van der Waals surface area contributed by atoms with Crippen LogP contribution in [-0.2, 0) is 4.74 Å². The third-order valence-electron chi connectivity index (χ3n) is 3.80. The van der Waals surface area contributed by atoms with E-state index in [2.05, 4.69) is 0 Å². The molecule has 0 N–H and O–H groups in total. The fourth-order valence-corrected chi connectivity index (χ4v) is 2.67. The summed E-state index contributed by atoms with van der Waals surface area (Å²) >= 11 is 5.81. The second-order valence-corrected chi connectivity index (χ2v) is 5.97. The van der Waals surface area contributed by atoms with Crippen LogP contribution in [0.1, 0.15) is 20.7 Å². The second kappa shape index (κ2) is 7.93. The number of hydrogen-bond donors (Lipinski definition) is 0. The fourth-order valence-electron chi connectivity index (χ4n) is 2.43. The Morgan fingerprint density at radius 2 is 1.54 bits per heavy atom. The number of Topliss-reactive ketones (excluding diaryl/α,β-unsaturated/α-hetero) is 1. The molecule has 0 amide bonds. The van der Waals surface area contributed by atoms with Crippen LogP contribution in [0.25, 0.3) is 11.1 Å². The van der Waals surface area contributed by atoms with Crippen LogP contribution in [0, 0.1) is 5.82 Å². The lowest BCUT2D eigenvalue weighted by Crippen LogP contribution is -2.14. The summed E-state index contributed by atoms with van der Waals surface area (Å²) in [4.78, 5) is 24.2. The first-order chi connectivity index (χ1) is 12.5. The molecule has 0 spiro atoms. The van der Waals surface area contributed by atoms with E-state index in [1.807, 2.05) is 42.5 Å². The van der Waals surface area contributed by atoms with Crippen molar-refractivity contribution in [3.05, 3.63) is 94.8 Å². The largest absolute Gasteiger partial charge is 0.454 e. The summed E-state index contributed by atoms with van der Waals surface area (Å²) in [7, 11) is 0. The van der Waals surface area contributed by atoms with Crippen molar-refractivity contribution in [3.63, 3.8) is 0 Å². The van der Waals surface area contributed by atoms with Gasteiger partial charge in [-0.2, -0.15) is 0 Å². The molecule has 0 aliphatic rings. The molecule has 0 aromatic heterocycles. The molecule has 3 nitrogen and oxygen atoms in total. The molecular formula is C21H14ClFO3. The van der Waals surface area contributed by atoms with Crippen LogP contribution < -0.4 is 0 Å². The summed E-state index contributed by atoms with van der Waals surface area (Å²) in [6, 6.07) is 20.1. The predicted molar refractivity (Wildman–Crippen MR) is 97.9 cm³/mol. The maximum absolute atomic E-state index is 13.0. The maximum Gasteiger partial charge on any atom is 0.340 e. The van der Waals surface area contributed by atoms with Gasteiger partial charge in [-0.1, -0.05) is 66.2 Å². The molecule has 0 aliphatic heterocycles. The van der Waals surface area contributed by atoms with Crippen LogP contribution >= 0.6 is 11.6 Å². The van der Waals surface area contributed by atoms with Crippen molar-refractivity contribution in [1.82, 2.24) is 0 Å². The average molecular weight is 369 g/mol. The fraction of sp³-hybridized carbons (Fsp3) is 0.0476. The van der Waals surface area contributed by atoms with Crippen molar-refractivity contribution < 1.29 is 18.7 Å². The molecule has 3 rings (SSSR count). The van der Waals surface area contributed by atoms with Crippen LogP contribution in [0.3, 0.4) is 0 Å². The topological polar surface area (TPSA) is 43.4 Å². The Hall–Kier alpha value is -2.98. The lowest BCUT2D eigenvalue weighted by atomic mass is 10.0. The first-order valence-electron chi connectivity index (χ1n) is 7.85. The van der Waals surface area contributed by atoms with Gasteiger partial charge in [-0.15, -0.1) is 0 Å². The van der Waals surface area contributed by atoms with Gasteiger partial charge in [0.25, 0.3) is 0 Å². The van der Waals surface area contributed by atoms with Gasteiger partial charge in [0.1, 0.15) is 5.82 Å². The van der Waals surface area contributed by atoms with E-state index in [1.54, 1.807) is 12.1 Å². The molecule has 0 fully saturated rings. The monoisotopic (exact) mass is 368 g/mol. The lowest BCUT2D eigenvalue weighted by Gasteiger charge is -2.07. The zero-order chi connectivity index (χ0) is 18.5. The molecule has 0 unspecified atom stereocenters. The van der Waals surface area contributed by atoms with Crippen LogP contribution in [0.4, 0.5) is 4.39 Å². The molecule has 0 heterocycles. The predicted octanol–water partition coefficient (Wildman–Crippen LogP) is 5.19. The number of hydrogen-bond acceptors (Lipinski definition) is 3. The normalized spacial score (nSPS) is 10.4. The molecule has 3 aromatic carbocycles. The highest BCUT2D eigenvalue weighted by Crippen LogP contribution is 2.20. The second-order valence-electron chi connectivity index (χ2n) is 5.57. The summed E-state index contributed by atoms with van der Waals surface area (Å²) in [6.07, 6.45) is 0. The zero-order valence-electron chi connectivity index (χ0n) is 13.6. The highest BCUT2D eigenvalue weighted by molar-refractivity contribution is 6.33. The highest BCUT2D eigenvalue weighted by atomic mass is 35.5. The molecule has 3 aromatic rings. The van der Waals surface area contributed by atoms with Gasteiger partial charge in [-0.25, -0.2) is 9.18 Å². The van der Waals surface area contributed by atoms with Gasteiger partial charge in [0, 0.05) is 5.56 Å². The van der Waals surface area contributed by atoms with E-state index >= 15 is 0 Å². The minimum absolute atomic E-state index is 0.0142. The van der Waals surface area contributed by atoms with Crippen molar-refractivity contribution in [2.45, 2.75) is 0 Å². The Labute approximate surface area is 155 Å². The molecule has 26 heavy (non-hydrogen) atoms. The minimum Gasteiger partial charge on any atom is -0.454 e. The molecule has 5 heteroatoms. The van der Waals surface area contributed by atoms with Crippen molar-refractivity contribution in [2.75, 3.05) is 6.61 Å². The van der Waals surface area contributed by atoms with Crippen molar-refractivity contribution >= 4 is 23.4 Å². The number of carbonyl (C=O) groups is 2. The number of esters is 1. The molecular weight excluding hydrogens is 355 g/mol. The van der Waals surface area contributed by atoms with Gasteiger partial charge in [0.05, 0.1) is 10.6 Å². The number of carbonyl (C=O) groups excluding carboxylic acids is 2. The van der Waals surface area contributed by atoms with E-state index in [9.17, 15) is 14.0 Å². The molecule has 0 bridgehead atoms. The first-order valence-corrected chi connectivity index (χ1v) is 8.23. The third kappa shape index (κ3) is 4.16. The third-order valence-corrected chi connectivity index (χ3v) is 4.11. The van der Waals surface area contributed by atoms with Crippen molar-refractivity contribution in [1.29, 1.82) is 0 Å². The number of ketones is 1. The summed E-state index contributed by atoms with van der Waals surface area (Å²) in [5, 5.41) is -0.0605. The molecule has 0 aliphatic carbocycles. The standard InChI is InChI=1S/C21H14ClFO3/c22-19-12-17(23)10-11-18(19)21(25)26-13-20(24)16-8-6-15(7-9-16)14-4-2-1-3-5-14/h1-12H,13H2. The Morgan fingerprint density at radius 1 is 0.885 bits per heavy atom. The minimum atomic E-state index is -0.774. The van der Waals surface area contributed by atoms with Crippen LogP contribution in [-0.4, -0.2) is 18.4 Å². The van der Waals surface area contributed by atoms with E-state index in [1.165, 1.54) is 6.07 Å². The highest BCUT2D eigenvalue weighted by Gasteiger charge is 2.15. The van der Waals surface area contributed by atoms with Crippen LogP contribution in [0.5, 0.6) is 0 Å². The lowest BCUT2D eigenvalue weighted by molar-refractivity contribution is 0.0475. The van der Waals surface area contributed by atoms with E-state index in [-0.39, 0.29) is 16.4 Å². The van der Waals surface area contributed by atoms with Gasteiger partial charge in [-0.3, -0.25) is 4.79 Å². The van der Waals surface area contributed by atoms with Crippen molar-refractivity contribution in [3.8, 4) is 11.1 Å². The molecule has 130 valence electrons. The first kappa shape index (κ1) is 17.8. The number of benzene rings is 3. The maximum atomic E-state index is 13.0. The smallest absolute Gasteiger partial charge is 0.340 e. The van der Waals surface area contributed by atoms with Gasteiger partial charge in [0.2, 0.25) is 0 Å². The zero-order valence-corrected chi connectivity index (χ0v) is 14.4. The Bertz CT molecular complexity index is 937. The number of ether oxygens (including phenoxy) is 1. The summed E-state index contributed by atoms with van der Waals surface area (Å²) in [6.45, 7) is -0.419. The van der Waals surface area contributed by atoms with Crippen LogP contribution in [0.2, 0.25) is 5.02 Å². The van der Waals surface area contributed by atoms with Crippen molar-refractivity contribution in [2.24, 2.45) is 0 Å². The molecule has 0 atom stereocenters. The van der Waals surface area contributed by atoms with Crippen LogP contribution in [0.15, 0.2) is 72.8 Å².